The minimum absolute atomic E-state index is 0.152. The van der Waals surface area contributed by atoms with Gasteiger partial charge in [0, 0.05) is 5.69 Å². The van der Waals surface area contributed by atoms with Crippen molar-refractivity contribution in [2.45, 2.75) is 13.8 Å². The topological polar surface area (TPSA) is 93.0 Å². The van der Waals surface area contributed by atoms with E-state index in [4.69, 9.17) is 10.6 Å². The molecule has 0 saturated heterocycles. The number of imidazole rings is 1. The molecule has 0 aliphatic carbocycles. The first kappa shape index (κ1) is 15.1. The SMILES string of the molecule is Cc1nc(-c2c(OCC(=O)NN)ccc3ccccc23)[nH]c1C. The van der Waals surface area contributed by atoms with E-state index in [-0.39, 0.29) is 6.61 Å². The Bertz CT molecular complexity index is 851. The summed E-state index contributed by atoms with van der Waals surface area (Å²) in [7, 11) is 0. The molecule has 6 nitrogen and oxygen atoms in total. The lowest BCUT2D eigenvalue weighted by molar-refractivity contribution is -0.123. The zero-order valence-corrected chi connectivity index (χ0v) is 13.0. The lowest BCUT2D eigenvalue weighted by atomic mass is 10.0. The Labute approximate surface area is 133 Å². The highest BCUT2D eigenvalue weighted by molar-refractivity contribution is 5.98. The summed E-state index contributed by atoms with van der Waals surface area (Å²) >= 11 is 0. The maximum atomic E-state index is 11.4. The molecular weight excluding hydrogens is 292 g/mol. The number of hydrogen-bond donors (Lipinski definition) is 3. The highest BCUT2D eigenvalue weighted by Crippen LogP contribution is 2.36. The predicted molar refractivity (Wildman–Crippen MR) is 88.8 cm³/mol. The van der Waals surface area contributed by atoms with Crippen molar-refractivity contribution in [3.8, 4) is 17.1 Å². The number of aryl methyl sites for hydroxylation is 2. The minimum atomic E-state index is -0.393. The van der Waals surface area contributed by atoms with E-state index in [1.807, 2.05) is 50.2 Å². The van der Waals surface area contributed by atoms with Crippen LogP contribution in [-0.4, -0.2) is 22.5 Å². The number of fused-ring (bicyclic) bond motifs is 1. The first-order valence-corrected chi connectivity index (χ1v) is 7.27. The number of ether oxygens (including phenoxy) is 1. The van der Waals surface area contributed by atoms with Crippen LogP contribution in [-0.2, 0) is 4.79 Å². The molecule has 1 amide bonds. The molecule has 0 fully saturated rings. The Hall–Kier alpha value is -2.86. The van der Waals surface area contributed by atoms with Gasteiger partial charge >= 0.3 is 0 Å². The minimum Gasteiger partial charge on any atom is -0.483 e. The van der Waals surface area contributed by atoms with Gasteiger partial charge in [0.1, 0.15) is 11.6 Å². The number of benzene rings is 2. The van der Waals surface area contributed by atoms with Crippen LogP contribution in [0.1, 0.15) is 11.4 Å². The highest BCUT2D eigenvalue weighted by Gasteiger charge is 2.16. The van der Waals surface area contributed by atoms with Gasteiger partial charge in [-0.1, -0.05) is 30.3 Å². The maximum absolute atomic E-state index is 11.4. The molecule has 0 unspecified atom stereocenters. The molecule has 0 atom stereocenters. The van der Waals surface area contributed by atoms with Crippen LogP contribution in [0.15, 0.2) is 36.4 Å². The van der Waals surface area contributed by atoms with Crippen LogP contribution in [0.25, 0.3) is 22.2 Å². The van der Waals surface area contributed by atoms with Crippen LogP contribution >= 0.6 is 0 Å². The molecule has 4 N–H and O–H groups in total. The van der Waals surface area contributed by atoms with E-state index < -0.39 is 5.91 Å². The summed E-state index contributed by atoms with van der Waals surface area (Å²) in [5.41, 5.74) is 4.82. The van der Waals surface area contributed by atoms with Crippen molar-refractivity contribution in [2.75, 3.05) is 6.61 Å². The van der Waals surface area contributed by atoms with Crippen molar-refractivity contribution < 1.29 is 9.53 Å². The fourth-order valence-corrected chi connectivity index (χ4v) is 2.47. The van der Waals surface area contributed by atoms with Crippen molar-refractivity contribution in [3.05, 3.63) is 47.8 Å². The van der Waals surface area contributed by atoms with Gasteiger partial charge in [-0.05, 0) is 30.7 Å². The highest BCUT2D eigenvalue weighted by atomic mass is 16.5. The van der Waals surface area contributed by atoms with Gasteiger partial charge in [0.15, 0.2) is 6.61 Å². The van der Waals surface area contributed by atoms with E-state index >= 15 is 0 Å². The summed E-state index contributed by atoms with van der Waals surface area (Å²) in [4.78, 5) is 19.2. The zero-order valence-electron chi connectivity index (χ0n) is 13.0. The molecule has 3 aromatic rings. The van der Waals surface area contributed by atoms with Gasteiger partial charge in [0.05, 0.1) is 11.3 Å². The van der Waals surface area contributed by atoms with E-state index in [9.17, 15) is 4.79 Å². The fourth-order valence-electron chi connectivity index (χ4n) is 2.47. The Kier molecular flexibility index (Phi) is 3.99. The quantitative estimate of drug-likeness (QED) is 0.391. The second-order valence-corrected chi connectivity index (χ2v) is 5.31. The van der Waals surface area contributed by atoms with Crippen LogP contribution in [0.2, 0.25) is 0 Å². The summed E-state index contributed by atoms with van der Waals surface area (Å²) < 4.78 is 5.65. The predicted octanol–water partition coefficient (Wildman–Crippen LogP) is 2.22. The number of nitrogens with one attached hydrogen (secondary N) is 2. The van der Waals surface area contributed by atoms with Gasteiger partial charge in [-0.25, -0.2) is 10.8 Å². The molecule has 0 saturated carbocycles. The van der Waals surface area contributed by atoms with Gasteiger partial charge in [-0.15, -0.1) is 0 Å². The largest absolute Gasteiger partial charge is 0.483 e. The van der Waals surface area contributed by atoms with Crippen molar-refractivity contribution >= 4 is 16.7 Å². The third-order valence-corrected chi connectivity index (χ3v) is 3.78. The number of aromatic nitrogens is 2. The van der Waals surface area contributed by atoms with Gasteiger partial charge in [-0.2, -0.15) is 0 Å². The van der Waals surface area contributed by atoms with Gasteiger partial charge < -0.3 is 9.72 Å². The number of hydrogen-bond acceptors (Lipinski definition) is 4. The zero-order chi connectivity index (χ0) is 16.4. The third kappa shape index (κ3) is 2.89. The van der Waals surface area contributed by atoms with E-state index in [0.29, 0.717) is 5.75 Å². The number of rotatable bonds is 4. The Morgan fingerprint density at radius 2 is 2.04 bits per heavy atom. The number of aromatic amines is 1. The second kappa shape index (κ2) is 6.10. The van der Waals surface area contributed by atoms with E-state index in [2.05, 4.69) is 15.4 Å². The lowest BCUT2D eigenvalue weighted by Crippen LogP contribution is -2.34. The van der Waals surface area contributed by atoms with Crippen LogP contribution in [0.3, 0.4) is 0 Å². The lowest BCUT2D eigenvalue weighted by Gasteiger charge is -2.12. The Morgan fingerprint density at radius 3 is 2.74 bits per heavy atom. The van der Waals surface area contributed by atoms with Crippen LogP contribution in [0, 0.1) is 13.8 Å². The molecule has 118 valence electrons. The maximum Gasteiger partial charge on any atom is 0.271 e. The first-order chi connectivity index (χ1) is 11.1. The van der Waals surface area contributed by atoms with Gasteiger partial charge in [0.2, 0.25) is 0 Å². The molecule has 0 aliphatic heterocycles. The van der Waals surface area contributed by atoms with Gasteiger partial charge in [0.25, 0.3) is 5.91 Å². The average Bonchev–Trinajstić information content (AvgIpc) is 2.90. The summed E-state index contributed by atoms with van der Waals surface area (Å²) in [6.07, 6.45) is 0. The standard InChI is InChI=1S/C17H18N4O2/c1-10-11(2)20-17(19-10)16-13-6-4-3-5-12(13)7-8-14(16)23-9-15(22)21-18/h3-8H,9,18H2,1-2H3,(H,19,20)(H,21,22). The number of hydrazine groups is 1. The number of amides is 1. The number of carbonyl (C=O) groups is 1. The summed E-state index contributed by atoms with van der Waals surface area (Å²) in [5, 5.41) is 2.08. The Morgan fingerprint density at radius 1 is 1.26 bits per heavy atom. The van der Waals surface area contributed by atoms with Crippen molar-refractivity contribution in [1.29, 1.82) is 0 Å². The van der Waals surface area contributed by atoms with Crippen LogP contribution < -0.4 is 16.0 Å². The first-order valence-electron chi connectivity index (χ1n) is 7.27. The average molecular weight is 310 g/mol. The molecule has 0 spiro atoms. The monoisotopic (exact) mass is 310 g/mol. The van der Waals surface area contributed by atoms with E-state index in [1.54, 1.807) is 0 Å². The Balaban J connectivity index is 2.15. The number of nitrogens with two attached hydrogens (primary N) is 1. The number of nitrogens with zero attached hydrogens (tertiary/aromatic N) is 1. The van der Waals surface area contributed by atoms with Crippen LogP contribution in [0.5, 0.6) is 5.75 Å². The normalized spacial score (nSPS) is 10.7. The molecule has 6 heteroatoms. The molecule has 0 aliphatic rings. The van der Waals surface area contributed by atoms with E-state index in [1.165, 1.54) is 0 Å². The summed E-state index contributed by atoms with van der Waals surface area (Å²) in [5.74, 6) is 6.01. The summed E-state index contributed by atoms with van der Waals surface area (Å²) in [6.45, 7) is 3.77. The summed E-state index contributed by atoms with van der Waals surface area (Å²) in [6, 6.07) is 11.8. The van der Waals surface area contributed by atoms with Crippen molar-refractivity contribution in [2.24, 2.45) is 5.84 Å². The van der Waals surface area contributed by atoms with Crippen molar-refractivity contribution in [1.82, 2.24) is 15.4 Å². The van der Waals surface area contributed by atoms with Crippen LogP contribution in [0.4, 0.5) is 0 Å². The number of H-pyrrole nitrogens is 1. The van der Waals surface area contributed by atoms with E-state index in [0.717, 1.165) is 33.5 Å². The molecule has 23 heavy (non-hydrogen) atoms. The third-order valence-electron chi connectivity index (χ3n) is 3.78. The second-order valence-electron chi connectivity index (χ2n) is 5.31. The molecule has 1 heterocycles. The molecule has 0 radical (unpaired) electrons. The fraction of sp³-hybridized carbons (Fsp3) is 0.176. The number of carbonyl (C=O) groups excluding carboxylic acids is 1. The molecule has 0 bridgehead atoms. The molecular formula is C17H18N4O2. The molecule has 2 aromatic carbocycles. The van der Waals surface area contributed by atoms with Gasteiger partial charge in [-0.3, -0.25) is 10.2 Å². The van der Waals surface area contributed by atoms with Crippen molar-refractivity contribution in [3.63, 3.8) is 0 Å². The smallest absolute Gasteiger partial charge is 0.271 e. The molecule has 1 aromatic heterocycles. The molecule has 3 rings (SSSR count).